The predicted molar refractivity (Wildman–Crippen MR) is 95.0 cm³/mol. The second-order valence-electron chi connectivity index (χ2n) is 6.93. The molecule has 0 unspecified atom stereocenters. The third-order valence-electron chi connectivity index (χ3n) is 5.45. The maximum atomic E-state index is 12.7. The van der Waals surface area contributed by atoms with Crippen LogP contribution < -0.4 is 10.5 Å². The molecule has 2 amide bonds. The largest absolute Gasteiger partial charge is 0.496 e. The fourth-order valence-electron chi connectivity index (χ4n) is 4.00. The first-order chi connectivity index (χ1) is 12.1. The van der Waals surface area contributed by atoms with E-state index < -0.39 is 0 Å². The van der Waals surface area contributed by atoms with E-state index in [0.717, 1.165) is 30.7 Å². The van der Waals surface area contributed by atoms with Gasteiger partial charge >= 0.3 is 0 Å². The Kier molecular flexibility index (Phi) is 5.58. The molecule has 2 saturated heterocycles. The lowest BCUT2D eigenvalue weighted by molar-refractivity contribution is -0.136. The Bertz CT molecular complexity index is 626. The van der Waals surface area contributed by atoms with Crippen LogP contribution in [0.1, 0.15) is 37.3 Å². The van der Waals surface area contributed by atoms with E-state index in [1.165, 1.54) is 0 Å². The number of hydrogen-bond acceptors (Lipinski definition) is 4. The molecule has 0 bridgehead atoms. The number of hydrogen-bond donors (Lipinski definition) is 1. The van der Waals surface area contributed by atoms with E-state index in [-0.39, 0.29) is 23.8 Å². The van der Waals surface area contributed by atoms with Crippen LogP contribution in [0.3, 0.4) is 0 Å². The Morgan fingerprint density at radius 3 is 2.56 bits per heavy atom. The van der Waals surface area contributed by atoms with E-state index in [9.17, 15) is 9.59 Å². The average Bonchev–Trinajstić information content (AvgIpc) is 3.09. The summed E-state index contributed by atoms with van der Waals surface area (Å²) in [7, 11) is 1.69. The summed E-state index contributed by atoms with van der Waals surface area (Å²) in [6.45, 7) is 2.59. The van der Waals surface area contributed by atoms with Crippen molar-refractivity contribution in [2.45, 2.75) is 31.7 Å². The van der Waals surface area contributed by atoms with Gasteiger partial charge in [0.2, 0.25) is 11.8 Å². The Morgan fingerprint density at radius 2 is 1.88 bits per heavy atom. The number of rotatable bonds is 5. The normalized spacial score (nSPS) is 22.1. The Hall–Kier alpha value is -2.08. The van der Waals surface area contributed by atoms with E-state index in [1.807, 2.05) is 23.1 Å². The lowest BCUT2D eigenvalue weighted by Crippen LogP contribution is -2.45. The van der Waals surface area contributed by atoms with Gasteiger partial charge in [0, 0.05) is 30.6 Å². The molecule has 1 aromatic rings. The van der Waals surface area contributed by atoms with Crippen molar-refractivity contribution in [3.05, 3.63) is 29.8 Å². The molecule has 2 fully saturated rings. The summed E-state index contributed by atoms with van der Waals surface area (Å²) in [5.41, 5.74) is 6.52. The second-order valence-corrected chi connectivity index (χ2v) is 6.93. The molecule has 6 heteroatoms. The summed E-state index contributed by atoms with van der Waals surface area (Å²) in [5, 5.41) is 0. The molecule has 2 heterocycles. The number of methoxy groups -OCH3 is 1. The van der Waals surface area contributed by atoms with Crippen LogP contribution >= 0.6 is 0 Å². The van der Waals surface area contributed by atoms with E-state index in [2.05, 4.69) is 11.0 Å². The van der Waals surface area contributed by atoms with E-state index >= 15 is 0 Å². The molecule has 136 valence electrons. The summed E-state index contributed by atoms with van der Waals surface area (Å²) in [4.78, 5) is 28.1. The fraction of sp³-hybridized carbons (Fsp3) is 0.579. The van der Waals surface area contributed by atoms with Crippen molar-refractivity contribution >= 4 is 11.8 Å². The van der Waals surface area contributed by atoms with Crippen molar-refractivity contribution in [2.24, 2.45) is 11.7 Å². The monoisotopic (exact) mass is 345 g/mol. The topological polar surface area (TPSA) is 75.9 Å². The fourth-order valence-corrected chi connectivity index (χ4v) is 4.00. The van der Waals surface area contributed by atoms with Crippen LogP contribution in [0.2, 0.25) is 0 Å². The highest BCUT2D eigenvalue weighted by Crippen LogP contribution is 2.36. The maximum Gasteiger partial charge on any atom is 0.236 e. The molecule has 2 aliphatic heterocycles. The van der Waals surface area contributed by atoms with Crippen molar-refractivity contribution in [3.8, 4) is 5.75 Å². The van der Waals surface area contributed by atoms with Gasteiger partial charge in [-0.1, -0.05) is 18.2 Å². The number of carbonyl (C=O) groups is 2. The summed E-state index contributed by atoms with van der Waals surface area (Å²) in [6.07, 6.45) is 3.48. The molecule has 0 spiro atoms. The minimum absolute atomic E-state index is 0.0860. The quantitative estimate of drug-likeness (QED) is 0.879. The van der Waals surface area contributed by atoms with Gasteiger partial charge in [-0.15, -0.1) is 0 Å². The molecular formula is C19H27N3O3. The zero-order chi connectivity index (χ0) is 17.8. The van der Waals surface area contributed by atoms with Gasteiger partial charge in [-0.3, -0.25) is 14.5 Å². The number of nitrogens with two attached hydrogens (primary N) is 1. The molecule has 25 heavy (non-hydrogen) atoms. The first-order valence-electron chi connectivity index (χ1n) is 9.04. The molecule has 0 radical (unpaired) electrons. The van der Waals surface area contributed by atoms with Crippen LogP contribution in [0.15, 0.2) is 24.3 Å². The van der Waals surface area contributed by atoms with E-state index in [1.54, 1.807) is 7.11 Å². The molecule has 1 aromatic carbocycles. The van der Waals surface area contributed by atoms with Crippen LogP contribution in [0.4, 0.5) is 0 Å². The van der Waals surface area contributed by atoms with Gasteiger partial charge in [-0.25, -0.2) is 0 Å². The molecule has 3 rings (SSSR count). The Labute approximate surface area is 148 Å². The van der Waals surface area contributed by atoms with Gasteiger partial charge in [0.25, 0.3) is 0 Å². The van der Waals surface area contributed by atoms with Crippen LogP contribution in [-0.2, 0) is 9.59 Å². The predicted octanol–water partition coefficient (Wildman–Crippen LogP) is 1.56. The van der Waals surface area contributed by atoms with Gasteiger partial charge in [0.15, 0.2) is 0 Å². The summed E-state index contributed by atoms with van der Waals surface area (Å²) in [5.74, 6) is 0.693. The van der Waals surface area contributed by atoms with Crippen LogP contribution in [0, 0.1) is 5.92 Å². The van der Waals surface area contributed by atoms with Gasteiger partial charge in [0.1, 0.15) is 5.75 Å². The molecule has 2 aliphatic rings. The minimum atomic E-state index is -0.247. The number of piperidine rings is 1. The molecule has 0 saturated carbocycles. The molecule has 2 N–H and O–H groups in total. The standard InChI is InChI=1S/C19H27N3O3/c1-25-17-7-3-2-5-15(17)16-6-4-10-22(16)13-18(23)21-11-8-14(9-12-21)19(20)24/h2-3,5,7,14,16H,4,6,8-13H2,1H3,(H2,20,24)/t16-/m0/s1. The molecular weight excluding hydrogens is 318 g/mol. The third kappa shape index (κ3) is 3.95. The van der Waals surface area contributed by atoms with Gasteiger partial charge < -0.3 is 15.4 Å². The number of benzene rings is 1. The summed E-state index contributed by atoms with van der Waals surface area (Å²) in [6, 6.07) is 8.27. The van der Waals surface area contributed by atoms with Crippen molar-refractivity contribution in [3.63, 3.8) is 0 Å². The number of amides is 2. The summed E-state index contributed by atoms with van der Waals surface area (Å²) < 4.78 is 5.50. The SMILES string of the molecule is COc1ccccc1[C@@H]1CCCN1CC(=O)N1CCC(C(N)=O)CC1. The Morgan fingerprint density at radius 1 is 1.16 bits per heavy atom. The number of nitrogens with zero attached hydrogens (tertiary/aromatic N) is 2. The molecule has 0 aromatic heterocycles. The van der Waals surface area contributed by atoms with Crippen LogP contribution in [0.5, 0.6) is 5.75 Å². The number of primary amides is 1. The number of likely N-dealkylation sites (tertiary alicyclic amines) is 2. The van der Waals surface area contributed by atoms with Crippen molar-refractivity contribution in [1.82, 2.24) is 9.80 Å². The lowest BCUT2D eigenvalue weighted by atomic mass is 9.96. The number of carbonyl (C=O) groups excluding carboxylic acids is 2. The third-order valence-corrected chi connectivity index (χ3v) is 5.45. The van der Waals surface area contributed by atoms with Gasteiger partial charge in [-0.05, 0) is 38.3 Å². The van der Waals surface area contributed by atoms with Crippen molar-refractivity contribution in [1.29, 1.82) is 0 Å². The maximum absolute atomic E-state index is 12.7. The number of para-hydroxylation sites is 1. The van der Waals surface area contributed by atoms with Gasteiger partial charge in [0.05, 0.1) is 13.7 Å². The van der Waals surface area contributed by atoms with Gasteiger partial charge in [-0.2, -0.15) is 0 Å². The zero-order valence-electron chi connectivity index (χ0n) is 14.8. The average molecular weight is 345 g/mol. The zero-order valence-corrected chi connectivity index (χ0v) is 14.8. The Balaban J connectivity index is 1.62. The number of ether oxygens (including phenoxy) is 1. The molecule has 0 aliphatic carbocycles. The highest BCUT2D eigenvalue weighted by molar-refractivity contribution is 5.80. The van der Waals surface area contributed by atoms with Crippen molar-refractivity contribution in [2.75, 3.05) is 33.3 Å². The van der Waals surface area contributed by atoms with Crippen molar-refractivity contribution < 1.29 is 14.3 Å². The minimum Gasteiger partial charge on any atom is -0.496 e. The van der Waals surface area contributed by atoms with E-state index in [4.69, 9.17) is 10.5 Å². The smallest absolute Gasteiger partial charge is 0.236 e. The second kappa shape index (κ2) is 7.87. The summed E-state index contributed by atoms with van der Waals surface area (Å²) >= 11 is 0. The van der Waals surface area contributed by atoms with E-state index in [0.29, 0.717) is 32.5 Å². The molecule has 6 nitrogen and oxygen atoms in total. The first-order valence-corrected chi connectivity index (χ1v) is 9.04. The van der Waals surface area contributed by atoms with Crippen LogP contribution in [0.25, 0.3) is 0 Å². The highest BCUT2D eigenvalue weighted by Gasteiger charge is 2.32. The highest BCUT2D eigenvalue weighted by atomic mass is 16.5. The first kappa shape index (κ1) is 17.7. The molecule has 1 atom stereocenters. The van der Waals surface area contributed by atoms with Crippen LogP contribution in [-0.4, -0.2) is 54.9 Å². The lowest BCUT2D eigenvalue weighted by Gasteiger charge is -2.33.